The summed E-state index contributed by atoms with van der Waals surface area (Å²) in [5.41, 5.74) is 0.362. The highest BCUT2D eigenvalue weighted by atomic mass is 16.7. The van der Waals surface area contributed by atoms with E-state index in [4.69, 9.17) is 9.57 Å². The van der Waals surface area contributed by atoms with Crippen molar-refractivity contribution in [3.8, 4) is 0 Å². The number of amides is 2. The predicted octanol–water partition coefficient (Wildman–Crippen LogP) is 1.67. The Labute approximate surface area is 163 Å². The van der Waals surface area contributed by atoms with Gasteiger partial charge in [0.25, 0.3) is 11.6 Å². The van der Waals surface area contributed by atoms with E-state index in [1.165, 1.54) is 37.4 Å². The summed E-state index contributed by atoms with van der Waals surface area (Å²) < 4.78 is 4.72. The Hall–Kier alpha value is -4.08. The van der Waals surface area contributed by atoms with E-state index in [-0.39, 0.29) is 22.6 Å². The summed E-state index contributed by atoms with van der Waals surface area (Å²) in [4.78, 5) is 54.6. The Morgan fingerprint density at radius 3 is 2.66 bits per heavy atom. The monoisotopic (exact) mass is 395 g/mol. The van der Waals surface area contributed by atoms with Crippen molar-refractivity contribution in [2.75, 3.05) is 12.0 Å². The summed E-state index contributed by atoms with van der Waals surface area (Å²) in [5, 5.41) is 14.9. The zero-order chi connectivity index (χ0) is 20.7. The van der Waals surface area contributed by atoms with Gasteiger partial charge in [-0.05, 0) is 12.1 Å². The van der Waals surface area contributed by atoms with Crippen LogP contribution in [-0.4, -0.2) is 41.6 Å². The van der Waals surface area contributed by atoms with Crippen LogP contribution in [0.4, 0.5) is 11.4 Å². The number of anilines is 1. The number of ether oxygens (including phenoxy) is 1. The van der Waals surface area contributed by atoms with Gasteiger partial charge >= 0.3 is 5.97 Å². The molecule has 0 N–H and O–H groups in total. The number of methoxy groups -OCH3 is 1. The molecular formula is C19H13N3O7. The summed E-state index contributed by atoms with van der Waals surface area (Å²) in [5.74, 6) is -3.10. The molecule has 2 atom stereocenters. The molecule has 146 valence electrons. The fraction of sp³-hybridized carbons (Fsp3) is 0.158. The molecule has 1 fully saturated rings. The number of imide groups is 1. The second kappa shape index (κ2) is 6.82. The van der Waals surface area contributed by atoms with Crippen molar-refractivity contribution in [2.45, 2.75) is 6.10 Å². The van der Waals surface area contributed by atoms with E-state index in [1.54, 1.807) is 18.2 Å². The van der Waals surface area contributed by atoms with E-state index in [1.807, 2.05) is 0 Å². The quantitative estimate of drug-likeness (QED) is 0.333. The molecule has 2 amide bonds. The Kier molecular flexibility index (Phi) is 4.30. The van der Waals surface area contributed by atoms with Crippen molar-refractivity contribution in [1.82, 2.24) is 0 Å². The second-order valence-corrected chi connectivity index (χ2v) is 6.31. The lowest BCUT2D eigenvalue weighted by Crippen LogP contribution is -2.34. The number of hydrogen-bond acceptors (Lipinski definition) is 8. The van der Waals surface area contributed by atoms with E-state index in [0.29, 0.717) is 5.56 Å². The number of nitro benzene ring substituents is 1. The molecule has 4 rings (SSSR count). The van der Waals surface area contributed by atoms with Crippen LogP contribution in [0.1, 0.15) is 15.9 Å². The molecule has 0 unspecified atom stereocenters. The molecule has 0 aromatic heterocycles. The molecule has 2 aliphatic heterocycles. The molecule has 29 heavy (non-hydrogen) atoms. The van der Waals surface area contributed by atoms with Gasteiger partial charge in [0.1, 0.15) is 11.6 Å². The number of benzene rings is 2. The van der Waals surface area contributed by atoms with Crippen LogP contribution in [-0.2, 0) is 19.2 Å². The van der Waals surface area contributed by atoms with E-state index in [0.717, 1.165) is 4.90 Å². The average Bonchev–Trinajstić information content (AvgIpc) is 3.28. The van der Waals surface area contributed by atoms with E-state index in [2.05, 4.69) is 5.16 Å². The molecule has 10 nitrogen and oxygen atoms in total. The number of fused-ring (bicyclic) bond motifs is 1. The smallest absolute Gasteiger partial charge is 0.339 e. The van der Waals surface area contributed by atoms with Crippen LogP contribution < -0.4 is 4.90 Å². The highest BCUT2D eigenvalue weighted by Crippen LogP contribution is 2.37. The fourth-order valence-electron chi connectivity index (χ4n) is 3.38. The number of oxime groups is 1. The number of carbonyl (C=O) groups is 3. The lowest BCUT2D eigenvalue weighted by atomic mass is 9.94. The number of non-ortho nitro benzene ring substituents is 1. The van der Waals surface area contributed by atoms with Gasteiger partial charge in [0.15, 0.2) is 0 Å². The number of hydrogen-bond donors (Lipinski definition) is 0. The van der Waals surface area contributed by atoms with Gasteiger partial charge in [0, 0.05) is 17.7 Å². The van der Waals surface area contributed by atoms with E-state index in [9.17, 15) is 24.5 Å². The van der Waals surface area contributed by atoms with Crippen molar-refractivity contribution in [1.29, 1.82) is 0 Å². The predicted molar refractivity (Wildman–Crippen MR) is 98.3 cm³/mol. The summed E-state index contributed by atoms with van der Waals surface area (Å²) >= 11 is 0. The van der Waals surface area contributed by atoms with Crippen LogP contribution in [0.5, 0.6) is 0 Å². The standard InChI is InChI=1S/C19H13N3O7/c1-28-19(25)12-7-2-3-8-13(12)21-17(23)14-15(20-29-16(14)18(21)24)10-5-4-6-11(9-10)22(26)27/h2-9,14,16H,1H3/t14-,16+/m0/s1. The van der Waals surface area contributed by atoms with Gasteiger partial charge in [0.2, 0.25) is 12.0 Å². The number of esters is 1. The van der Waals surface area contributed by atoms with Crippen LogP contribution >= 0.6 is 0 Å². The Bertz CT molecular complexity index is 1090. The molecule has 2 heterocycles. The third kappa shape index (κ3) is 2.81. The summed E-state index contributed by atoms with van der Waals surface area (Å²) in [7, 11) is 1.19. The van der Waals surface area contributed by atoms with Crippen molar-refractivity contribution in [3.63, 3.8) is 0 Å². The first-order chi connectivity index (χ1) is 13.9. The largest absolute Gasteiger partial charge is 0.465 e. The van der Waals surface area contributed by atoms with Gasteiger partial charge in [-0.1, -0.05) is 29.4 Å². The summed E-state index contributed by atoms with van der Waals surface area (Å²) in [6.45, 7) is 0. The SMILES string of the molecule is COC(=O)c1ccccc1N1C(=O)[C@H]2C(c3cccc([N+](=O)[O-])c3)=NO[C@H]2C1=O. The number of rotatable bonds is 4. The third-order valence-electron chi connectivity index (χ3n) is 4.72. The number of nitrogens with zero attached hydrogens (tertiary/aromatic N) is 3. The van der Waals surface area contributed by atoms with Crippen molar-refractivity contribution >= 4 is 34.9 Å². The highest BCUT2D eigenvalue weighted by Gasteiger charge is 2.56. The van der Waals surface area contributed by atoms with Gasteiger partial charge in [0.05, 0.1) is 23.3 Å². The van der Waals surface area contributed by atoms with Gasteiger partial charge in [-0.2, -0.15) is 0 Å². The molecule has 0 spiro atoms. The molecule has 2 aromatic carbocycles. The fourth-order valence-corrected chi connectivity index (χ4v) is 3.38. The van der Waals surface area contributed by atoms with Crippen LogP contribution in [0, 0.1) is 16.0 Å². The van der Waals surface area contributed by atoms with Gasteiger partial charge in [-0.3, -0.25) is 19.7 Å². The first kappa shape index (κ1) is 18.3. The Balaban J connectivity index is 1.73. The van der Waals surface area contributed by atoms with Crippen molar-refractivity contribution < 1.29 is 28.9 Å². The zero-order valence-electron chi connectivity index (χ0n) is 15.0. The highest BCUT2D eigenvalue weighted by molar-refractivity contribution is 6.33. The maximum atomic E-state index is 13.1. The first-order valence-corrected chi connectivity index (χ1v) is 8.47. The molecule has 2 aromatic rings. The van der Waals surface area contributed by atoms with Gasteiger partial charge < -0.3 is 9.57 Å². The maximum absolute atomic E-state index is 13.1. The molecule has 0 aliphatic carbocycles. The topological polar surface area (TPSA) is 128 Å². The molecule has 0 saturated carbocycles. The number of carbonyl (C=O) groups excluding carboxylic acids is 3. The van der Waals surface area contributed by atoms with Gasteiger partial charge in [-0.15, -0.1) is 0 Å². The Morgan fingerprint density at radius 2 is 1.93 bits per heavy atom. The van der Waals surface area contributed by atoms with Crippen LogP contribution in [0.3, 0.4) is 0 Å². The third-order valence-corrected chi connectivity index (χ3v) is 4.72. The molecule has 1 saturated heterocycles. The van der Waals surface area contributed by atoms with Gasteiger partial charge in [-0.25, -0.2) is 9.69 Å². The molecule has 0 bridgehead atoms. The van der Waals surface area contributed by atoms with E-state index >= 15 is 0 Å². The lowest BCUT2D eigenvalue weighted by molar-refractivity contribution is -0.384. The Morgan fingerprint density at radius 1 is 1.17 bits per heavy atom. The molecular weight excluding hydrogens is 382 g/mol. The zero-order valence-corrected chi connectivity index (χ0v) is 15.0. The summed E-state index contributed by atoms with van der Waals surface area (Å²) in [6.07, 6.45) is -1.21. The lowest BCUT2D eigenvalue weighted by Gasteiger charge is -2.18. The molecule has 10 heteroatoms. The van der Waals surface area contributed by atoms with Crippen molar-refractivity contribution in [3.05, 3.63) is 69.8 Å². The molecule has 0 radical (unpaired) electrons. The number of para-hydroxylation sites is 1. The minimum atomic E-state index is -1.21. The second-order valence-electron chi connectivity index (χ2n) is 6.31. The van der Waals surface area contributed by atoms with Crippen LogP contribution in [0.25, 0.3) is 0 Å². The minimum Gasteiger partial charge on any atom is -0.465 e. The van der Waals surface area contributed by atoms with Crippen molar-refractivity contribution in [2.24, 2.45) is 11.1 Å². The van der Waals surface area contributed by atoms with Crippen LogP contribution in [0.15, 0.2) is 53.7 Å². The average molecular weight is 395 g/mol. The van der Waals surface area contributed by atoms with Crippen LogP contribution in [0.2, 0.25) is 0 Å². The number of nitro groups is 1. The maximum Gasteiger partial charge on any atom is 0.339 e. The normalized spacial score (nSPS) is 20.2. The van der Waals surface area contributed by atoms with E-state index < -0.39 is 34.7 Å². The first-order valence-electron chi connectivity index (χ1n) is 8.47. The molecule has 2 aliphatic rings. The minimum absolute atomic E-state index is 0.0468. The summed E-state index contributed by atoms with van der Waals surface area (Å²) in [6, 6.07) is 11.6.